The fraction of sp³-hybridized carbons (Fsp3) is 1.00. The minimum absolute atomic E-state index is 0.606. The average molecular weight is 224 g/mol. The van der Waals surface area contributed by atoms with Gasteiger partial charge < -0.3 is 0 Å². The number of rotatable bonds is 1. The molecule has 0 aromatic heterocycles. The van der Waals surface area contributed by atoms with Crippen LogP contribution in [0.1, 0.15) is 85.5 Å². The van der Waals surface area contributed by atoms with Gasteiger partial charge in [-0.3, -0.25) is 0 Å². The van der Waals surface area contributed by atoms with Crippen molar-refractivity contribution in [3.05, 3.63) is 0 Å². The van der Waals surface area contributed by atoms with Crippen LogP contribution in [0.5, 0.6) is 0 Å². The molecule has 2 unspecified atom stereocenters. The first-order valence-electron chi connectivity index (χ1n) is 7.55. The molecular formula is C16H32. The van der Waals surface area contributed by atoms with Crippen LogP contribution in [-0.2, 0) is 0 Å². The Morgan fingerprint density at radius 3 is 2.06 bits per heavy atom. The maximum Gasteiger partial charge on any atom is -0.0354 e. The molecule has 0 heterocycles. The lowest BCUT2D eigenvalue weighted by atomic mass is 9.82. The summed E-state index contributed by atoms with van der Waals surface area (Å²) in [5.74, 6) is 1.97. The summed E-state index contributed by atoms with van der Waals surface area (Å²) in [5.41, 5.74) is 0.606. The molecule has 0 spiro atoms. The third kappa shape index (κ3) is 4.89. The minimum Gasteiger partial charge on any atom is -0.0651 e. The zero-order valence-corrected chi connectivity index (χ0v) is 12.0. The highest BCUT2D eigenvalue weighted by atomic mass is 14.3. The second kappa shape index (κ2) is 6.67. The molecule has 96 valence electrons. The first-order valence-corrected chi connectivity index (χ1v) is 7.55. The second-order valence-corrected chi connectivity index (χ2v) is 6.80. The molecule has 1 saturated carbocycles. The van der Waals surface area contributed by atoms with Crippen LogP contribution < -0.4 is 0 Å². The molecule has 0 saturated heterocycles. The fourth-order valence-corrected chi connectivity index (χ4v) is 3.33. The van der Waals surface area contributed by atoms with Crippen molar-refractivity contribution in [1.82, 2.24) is 0 Å². The van der Waals surface area contributed by atoms with E-state index in [2.05, 4.69) is 27.7 Å². The molecular weight excluding hydrogens is 192 g/mol. The molecule has 0 nitrogen and oxygen atoms in total. The third-order valence-corrected chi connectivity index (χ3v) is 4.77. The largest absolute Gasteiger partial charge is 0.0651 e. The van der Waals surface area contributed by atoms with Gasteiger partial charge in [-0.2, -0.15) is 0 Å². The standard InChI is InChI=1S/C16H32/c1-5-15-11-7-9-13-16(3,4)12-8-6-10-14(15)2/h14-15H,5-13H2,1-4H3. The van der Waals surface area contributed by atoms with Gasteiger partial charge in [-0.25, -0.2) is 0 Å². The molecule has 16 heavy (non-hydrogen) atoms. The summed E-state index contributed by atoms with van der Waals surface area (Å²) in [6.45, 7) is 9.79. The van der Waals surface area contributed by atoms with Crippen molar-refractivity contribution >= 4 is 0 Å². The molecule has 2 atom stereocenters. The predicted molar refractivity (Wildman–Crippen MR) is 73.7 cm³/mol. The van der Waals surface area contributed by atoms with Crippen LogP contribution in [-0.4, -0.2) is 0 Å². The van der Waals surface area contributed by atoms with E-state index < -0.39 is 0 Å². The van der Waals surface area contributed by atoms with Gasteiger partial charge in [-0.15, -0.1) is 0 Å². The Labute approximate surface area is 103 Å². The predicted octanol–water partition coefficient (Wildman–Crippen LogP) is 5.81. The SMILES string of the molecule is CCC1CCCCC(C)(C)CCCCC1C. The third-order valence-electron chi connectivity index (χ3n) is 4.77. The van der Waals surface area contributed by atoms with Crippen molar-refractivity contribution in [2.45, 2.75) is 85.5 Å². The minimum atomic E-state index is 0.606. The molecule has 1 rings (SSSR count). The van der Waals surface area contributed by atoms with Crippen molar-refractivity contribution in [1.29, 1.82) is 0 Å². The van der Waals surface area contributed by atoms with Gasteiger partial charge in [0.1, 0.15) is 0 Å². The van der Waals surface area contributed by atoms with E-state index in [4.69, 9.17) is 0 Å². The Morgan fingerprint density at radius 2 is 1.50 bits per heavy atom. The summed E-state index contributed by atoms with van der Waals surface area (Å²) in [6, 6.07) is 0. The zero-order chi connectivity index (χ0) is 12.0. The van der Waals surface area contributed by atoms with Crippen molar-refractivity contribution in [3.63, 3.8) is 0 Å². The Balaban J connectivity index is 2.47. The van der Waals surface area contributed by atoms with Gasteiger partial charge in [-0.1, -0.05) is 72.6 Å². The lowest BCUT2D eigenvalue weighted by molar-refractivity contribution is 0.285. The normalized spacial score (nSPS) is 33.0. The summed E-state index contributed by atoms with van der Waals surface area (Å²) in [7, 11) is 0. The van der Waals surface area contributed by atoms with E-state index in [1.807, 2.05) is 0 Å². The van der Waals surface area contributed by atoms with Crippen LogP contribution in [0.15, 0.2) is 0 Å². The quantitative estimate of drug-likeness (QED) is 0.527. The van der Waals surface area contributed by atoms with Crippen molar-refractivity contribution in [2.75, 3.05) is 0 Å². The molecule has 0 amide bonds. The van der Waals surface area contributed by atoms with Crippen LogP contribution in [0.4, 0.5) is 0 Å². The van der Waals surface area contributed by atoms with Crippen LogP contribution in [0.2, 0.25) is 0 Å². The van der Waals surface area contributed by atoms with Crippen LogP contribution in [0.25, 0.3) is 0 Å². The molecule has 0 bridgehead atoms. The van der Waals surface area contributed by atoms with Crippen molar-refractivity contribution in [3.8, 4) is 0 Å². The summed E-state index contributed by atoms with van der Waals surface area (Å²) in [4.78, 5) is 0. The van der Waals surface area contributed by atoms with Crippen LogP contribution in [0, 0.1) is 17.3 Å². The first kappa shape index (κ1) is 14.1. The highest BCUT2D eigenvalue weighted by Crippen LogP contribution is 2.34. The molecule has 1 fully saturated rings. The van der Waals surface area contributed by atoms with E-state index >= 15 is 0 Å². The smallest absolute Gasteiger partial charge is 0.0354 e. The van der Waals surface area contributed by atoms with E-state index in [0.29, 0.717) is 5.41 Å². The Morgan fingerprint density at radius 1 is 0.938 bits per heavy atom. The zero-order valence-electron chi connectivity index (χ0n) is 12.0. The molecule has 0 aromatic rings. The van der Waals surface area contributed by atoms with Gasteiger partial charge in [0.05, 0.1) is 0 Å². The highest BCUT2D eigenvalue weighted by Gasteiger charge is 2.20. The fourth-order valence-electron chi connectivity index (χ4n) is 3.33. The van der Waals surface area contributed by atoms with Crippen LogP contribution >= 0.6 is 0 Å². The molecule has 0 aromatic carbocycles. The van der Waals surface area contributed by atoms with Gasteiger partial charge in [0.25, 0.3) is 0 Å². The van der Waals surface area contributed by atoms with Crippen LogP contribution in [0.3, 0.4) is 0 Å². The van der Waals surface area contributed by atoms with E-state index in [1.54, 1.807) is 0 Å². The second-order valence-electron chi connectivity index (χ2n) is 6.80. The van der Waals surface area contributed by atoms with Crippen molar-refractivity contribution < 1.29 is 0 Å². The van der Waals surface area contributed by atoms with E-state index in [0.717, 1.165) is 11.8 Å². The number of hydrogen-bond donors (Lipinski definition) is 0. The summed E-state index contributed by atoms with van der Waals surface area (Å²) < 4.78 is 0. The van der Waals surface area contributed by atoms with Gasteiger partial charge in [0.15, 0.2) is 0 Å². The van der Waals surface area contributed by atoms with Crippen molar-refractivity contribution in [2.24, 2.45) is 17.3 Å². The maximum absolute atomic E-state index is 2.48. The lowest BCUT2D eigenvalue weighted by Gasteiger charge is -2.24. The lowest BCUT2D eigenvalue weighted by Crippen LogP contribution is -2.10. The van der Waals surface area contributed by atoms with Gasteiger partial charge in [-0.05, 0) is 30.1 Å². The van der Waals surface area contributed by atoms with E-state index in [9.17, 15) is 0 Å². The monoisotopic (exact) mass is 224 g/mol. The van der Waals surface area contributed by atoms with E-state index in [1.165, 1.54) is 57.8 Å². The summed E-state index contributed by atoms with van der Waals surface area (Å²) in [5, 5.41) is 0. The topological polar surface area (TPSA) is 0 Å². The van der Waals surface area contributed by atoms with E-state index in [-0.39, 0.29) is 0 Å². The Bertz CT molecular complexity index is 180. The average Bonchev–Trinajstić information content (AvgIpc) is 2.25. The maximum atomic E-state index is 2.48. The highest BCUT2D eigenvalue weighted by molar-refractivity contribution is 4.73. The molecule has 0 radical (unpaired) electrons. The number of hydrogen-bond acceptors (Lipinski definition) is 0. The molecule has 1 aliphatic rings. The molecule has 0 aliphatic heterocycles. The molecule has 0 N–H and O–H groups in total. The van der Waals surface area contributed by atoms with Gasteiger partial charge in [0.2, 0.25) is 0 Å². The molecule has 0 heteroatoms. The first-order chi connectivity index (χ1) is 7.55. The Hall–Kier alpha value is 0. The summed E-state index contributed by atoms with van der Waals surface area (Å²) in [6.07, 6.45) is 13.1. The summed E-state index contributed by atoms with van der Waals surface area (Å²) >= 11 is 0. The van der Waals surface area contributed by atoms with Gasteiger partial charge >= 0.3 is 0 Å². The Kier molecular flexibility index (Phi) is 5.86. The van der Waals surface area contributed by atoms with Gasteiger partial charge in [0, 0.05) is 0 Å². The molecule has 1 aliphatic carbocycles.